The summed E-state index contributed by atoms with van der Waals surface area (Å²) >= 11 is 0. The summed E-state index contributed by atoms with van der Waals surface area (Å²) in [5.74, 6) is -0.212. The lowest BCUT2D eigenvalue weighted by Gasteiger charge is -2.21. The zero-order chi connectivity index (χ0) is 19.1. The average Bonchev–Trinajstić information content (AvgIpc) is 2.64. The monoisotopic (exact) mass is 355 g/mol. The molecule has 0 aromatic heterocycles. The first kappa shape index (κ1) is 19.4. The van der Waals surface area contributed by atoms with E-state index < -0.39 is 0 Å². The van der Waals surface area contributed by atoms with E-state index in [9.17, 15) is 14.0 Å². The summed E-state index contributed by atoms with van der Waals surface area (Å²) < 4.78 is 18.5. The molecule has 136 valence electrons. The first-order valence-electron chi connectivity index (χ1n) is 8.36. The number of carbonyl (C=O) groups is 2. The van der Waals surface area contributed by atoms with Gasteiger partial charge in [0, 0.05) is 24.2 Å². The zero-order valence-electron chi connectivity index (χ0n) is 15.0. The Balaban J connectivity index is 1.96. The van der Waals surface area contributed by atoms with Crippen LogP contribution in [-0.4, -0.2) is 36.3 Å². The minimum Gasteiger partial charge on any atom is -0.484 e. The summed E-state index contributed by atoms with van der Waals surface area (Å²) in [6.45, 7) is 8.59. The van der Waals surface area contributed by atoms with Crippen molar-refractivity contribution in [3.8, 4) is 5.75 Å². The van der Waals surface area contributed by atoms with Crippen molar-refractivity contribution in [1.29, 1.82) is 0 Å². The van der Waals surface area contributed by atoms with E-state index in [4.69, 9.17) is 4.74 Å². The lowest BCUT2D eigenvalue weighted by molar-refractivity contribution is -0.132. The van der Waals surface area contributed by atoms with E-state index in [1.165, 1.54) is 24.3 Å². The van der Waals surface area contributed by atoms with Crippen molar-refractivity contribution < 1.29 is 18.7 Å². The molecule has 5 heteroatoms. The van der Waals surface area contributed by atoms with Crippen LogP contribution in [0.5, 0.6) is 5.75 Å². The third-order valence-electron chi connectivity index (χ3n) is 3.78. The largest absolute Gasteiger partial charge is 0.484 e. The van der Waals surface area contributed by atoms with Crippen LogP contribution in [0, 0.1) is 5.82 Å². The van der Waals surface area contributed by atoms with Crippen LogP contribution in [0.25, 0.3) is 0 Å². The third kappa shape index (κ3) is 5.28. The number of hydrogen-bond acceptors (Lipinski definition) is 3. The molecule has 2 rings (SSSR count). The number of nitrogens with zero attached hydrogens (tertiary/aromatic N) is 1. The molecule has 0 heterocycles. The van der Waals surface area contributed by atoms with Gasteiger partial charge in [-0.25, -0.2) is 4.39 Å². The van der Waals surface area contributed by atoms with Crippen molar-refractivity contribution in [2.45, 2.75) is 13.8 Å². The molecule has 0 aliphatic carbocycles. The molecule has 0 saturated heterocycles. The predicted octanol–water partition coefficient (Wildman–Crippen LogP) is 3.86. The van der Waals surface area contributed by atoms with Crippen LogP contribution in [-0.2, 0) is 4.79 Å². The number of ether oxygens (including phenoxy) is 1. The molecule has 0 spiro atoms. The first-order chi connectivity index (χ1) is 12.4. The molecular formula is C21H22FNO3. The smallest absolute Gasteiger partial charge is 0.260 e. The van der Waals surface area contributed by atoms with Gasteiger partial charge in [-0.05, 0) is 62.4 Å². The highest BCUT2D eigenvalue weighted by Crippen LogP contribution is 2.16. The molecule has 0 N–H and O–H groups in total. The average molecular weight is 355 g/mol. The number of benzene rings is 2. The van der Waals surface area contributed by atoms with Crippen LogP contribution in [0.4, 0.5) is 4.39 Å². The Morgan fingerprint density at radius 2 is 1.58 bits per heavy atom. The van der Waals surface area contributed by atoms with Gasteiger partial charge in [-0.3, -0.25) is 9.59 Å². The molecular weight excluding hydrogens is 333 g/mol. The van der Waals surface area contributed by atoms with E-state index in [2.05, 4.69) is 6.58 Å². The van der Waals surface area contributed by atoms with Crippen LogP contribution in [0.2, 0.25) is 0 Å². The van der Waals surface area contributed by atoms with Crippen LogP contribution >= 0.6 is 0 Å². The first-order valence-corrected chi connectivity index (χ1v) is 8.36. The molecule has 0 unspecified atom stereocenters. The van der Waals surface area contributed by atoms with Crippen molar-refractivity contribution in [2.75, 3.05) is 19.7 Å². The number of likely N-dealkylation sites (N-methyl/N-ethyl adjacent to an activating group) is 1. The van der Waals surface area contributed by atoms with Crippen LogP contribution in [0.15, 0.2) is 60.7 Å². The predicted molar refractivity (Wildman–Crippen MR) is 98.8 cm³/mol. The molecule has 0 bridgehead atoms. The lowest BCUT2D eigenvalue weighted by Crippen LogP contribution is -2.35. The van der Waals surface area contributed by atoms with Gasteiger partial charge in [-0.1, -0.05) is 12.2 Å². The minimum absolute atomic E-state index is 0.0770. The Hall–Kier alpha value is -2.95. The molecule has 0 atom stereocenters. The second-order valence-corrected chi connectivity index (χ2v) is 6.01. The van der Waals surface area contributed by atoms with Crippen LogP contribution in [0.1, 0.15) is 29.8 Å². The molecule has 0 radical (unpaired) electrons. The molecule has 0 aliphatic heterocycles. The van der Waals surface area contributed by atoms with Crippen molar-refractivity contribution in [3.05, 3.63) is 77.6 Å². The molecule has 2 aromatic carbocycles. The van der Waals surface area contributed by atoms with Gasteiger partial charge >= 0.3 is 0 Å². The van der Waals surface area contributed by atoms with E-state index >= 15 is 0 Å². The Bertz CT molecular complexity index is 782. The van der Waals surface area contributed by atoms with Crippen LogP contribution < -0.4 is 4.74 Å². The third-order valence-corrected chi connectivity index (χ3v) is 3.78. The van der Waals surface area contributed by atoms with Gasteiger partial charge in [0.25, 0.3) is 5.91 Å². The fourth-order valence-corrected chi connectivity index (χ4v) is 2.41. The quantitative estimate of drug-likeness (QED) is 0.534. The maximum Gasteiger partial charge on any atom is 0.260 e. The highest BCUT2D eigenvalue weighted by molar-refractivity contribution is 6.09. The molecule has 4 nitrogen and oxygen atoms in total. The number of hydrogen-bond donors (Lipinski definition) is 0. The van der Waals surface area contributed by atoms with Crippen LogP contribution in [0.3, 0.4) is 0 Å². The van der Waals surface area contributed by atoms with E-state index in [-0.39, 0.29) is 24.1 Å². The van der Waals surface area contributed by atoms with Gasteiger partial charge in [-0.15, -0.1) is 0 Å². The molecule has 0 saturated carbocycles. The SMILES string of the molecule is C=C(C)CN(CC)C(=O)COc1ccc(C(=O)c2ccc(F)cc2)cc1. The van der Waals surface area contributed by atoms with E-state index in [0.29, 0.717) is 30.0 Å². The maximum absolute atomic E-state index is 12.9. The number of ketones is 1. The highest BCUT2D eigenvalue weighted by Gasteiger charge is 2.13. The summed E-state index contributed by atoms with van der Waals surface area (Å²) in [5.41, 5.74) is 1.78. The number of rotatable bonds is 8. The van der Waals surface area contributed by atoms with E-state index in [0.717, 1.165) is 5.57 Å². The maximum atomic E-state index is 12.9. The number of amides is 1. The zero-order valence-corrected chi connectivity index (χ0v) is 15.0. The minimum atomic E-state index is -0.386. The number of carbonyl (C=O) groups excluding carboxylic acids is 2. The Morgan fingerprint density at radius 1 is 1.04 bits per heavy atom. The summed E-state index contributed by atoms with van der Waals surface area (Å²) in [6, 6.07) is 11.9. The standard InChI is InChI=1S/C21H22FNO3/c1-4-23(13-15(2)3)20(24)14-26-19-11-7-17(8-12-19)21(25)16-5-9-18(22)10-6-16/h5-12H,2,4,13-14H2,1,3H3. The van der Waals surface area contributed by atoms with Crippen molar-refractivity contribution >= 4 is 11.7 Å². The Kier molecular flexibility index (Phi) is 6.67. The summed E-state index contributed by atoms with van der Waals surface area (Å²) in [7, 11) is 0. The fraction of sp³-hybridized carbons (Fsp3) is 0.238. The summed E-state index contributed by atoms with van der Waals surface area (Å²) in [5, 5.41) is 0. The van der Waals surface area contributed by atoms with Gasteiger partial charge < -0.3 is 9.64 Å². The van der Waals surface area contributed by atoms with Gasteiger partial charge in [0.15, 0.2) is 12.4 Å². The van der Waals surface area contributed by atoms with Gasteiger partial charge in [0.05, 0.1) is 0 Å². The molecule has 0 fully saturated rings. The summed E-state index contributed by atoms with van der Waals surface area (Å²) in [4.78, 5) is 26.1. The Labute approximate surface area is 152 Å². The normalized spacial score (nSPS) is 10.3. The van der Waals surface area contributed by atoms with E-state index in [1.807, 2.05) is 13.8 Å². The molecule has 0 aliphatic rings. The molecule has 2 aromatic rings. The molecule has 26 heavy (non-hydrogen) atoms. The van der Waals surface area contributed by atoms with Gasteiger partial charge in [0.2, 0.25) is 0 Å². The number of halogens is 1. The fourth-order valence-electron chi connectivity index (χ4n) is 2.41. The van der Waals surface area contributed by atoms with Gasteiger partial charge in [-0.2, -0.15) is 0 Å². The summed E-state index contributed by atoms with van der Waals surface area (Å²) in [6.07, 6.45) is 0. The van der Waals surface area contributed by atoms with Crippen molar-refractivity contribution in [3.63, 3.8) is 0 Å². The Morgan fingerprint density at radius 3 is 2.08 bits per heavy atom. The lowest BCUT2D eigenvalue weighted by atomic mass is 10.0. The topological polar surface area (TPSA) is 46.6 Å². The van der Waals surface area contributed by atoms with Crippen molar-refractivity contribution in [1.82, 2.24) is 4.90 Å². The van der Waals surface area contributed by atoms with E-state index in [1.54, 1.807) is 29.2 Å². The highest BCUT2D eigenvalue weighted by atomic mass is 19.1. The van der Waals surface area contributed by atoms with Gasteiger partial charge in [0.1, 0.15) is 11.6 Å². The second-order valence-electron chi connectivity index (χ2n) is 6.01. The molecule has 1 amide bonds. The second kappa shape index (κ2) is 8.94. The van der Waals surface area contributed by atoms with Crippen molar-refractivity contribution in [2.24, 2.45) is 0 Å².